The van der Waals surface area contributed by atoms with Crippen molar-refractivity contribution in [3.8, 4) is 0 Å². The van der Waals surface area contributed by atoms with Crippen LogP contribution in [0.5, 0.6) is 0 Å². The zero-order chi connectivity index (χ0) is 15.8. The van der Waals surface area contributed by atoms with Gasteiger partial charge in [-0.15, -0.1) is 0 Å². The molecule has 3 N–H and O–H groups in total. The molecule has 5 heteroatoms. The van der Waals surface area contributed by atoms with Crippen molar-refractivity contribution in [2.45, 2.75) is 19.0 Å². The number of carbonyl (C=O) groups is 1. The summed E-state index contributed by atoms with van der Waals surface area (Å²) in [5.41, 5.74) is 10.1. The monoisotopic (exact) mass is 306 g/mol. The minimum absolute atomic E-state index is 0.292. The van der Waals surface area contributed by atoms with Gasteiger partial charge in [0, 0.05) is 18.5 Å². The minimum Gasteiger partial charge on any atom is -0.368 e. The highest BCUT2D eigenvalue weighted by molar-refractivity contribution is 5.82. The van der Waals surface area contributed by atoms with Crippen LogP contribution in [-0.2, 0) is 17.8 Å². The number of carbonyl (C=O) groups excluding carboxylic acids is 1. The molecule has 0 saturated carbocycles. The van der Waals surface area contributed by atoms with E-state index in [0.717, 1.165) is 35.0 Å². The van der Waals surface area contributed by atoms with Crippen molar-refractivity contribution in [2.24, 2.45) is 5.73 Å². The Morgan fingerprint density at radius 2 is 2.17 bits per heavy atom. The molecule has 0 bridgehead atoms. The number of amides is 1. The van der Waals surface area contributed by atoms with Gasteiger partial charge in [-0.1, -0.05) is 36.4 Å². The van der Waals surface area contributed by atoms with Crippen LogP contribution in [0, 0.1) is 0 Å². The van der Waals surface area contributed by atoms with Crippen molar-refractivity contribution in [2.75, 3.05) is 6.54 Å². The summed E-state index contributed by atoms with van der Waals surface area (Å²) in [6.45, 7) is 1.52. The van der Waals surface area contributed by atoms with E-state index in [9.17, 15) is 4.79 Å². The maximum absolute atomic E-state index is 12.1. The van der Waals surface area contributed by atoms with E-state index >= 15 is 0 Å². The molecule has 116 valence electrons. The van der Waals surface area contributed by atoms with Crippen molar-refractivity contribution in [3.63, 3.8) is 0 Å². The molecule has 1 amide bonds. The standard InChI is InChI=1S/C18H18N4O/c19-18(23)17-15-4-2-1-3-13(15)7-8-22(17)11-12-5-6-14-10-20-21-16(14)9-12/h1-6,9-10,17H,7-8,11H2,(H2,19,23)(H,20,21). The Hall–Kier alpha value is -2.66. The maximum atomic E-state index is 12.1. The molecule has 0 aliphatic carbocycles. The van der Waals surface area contributed by atoms with Gasteiger partial charge in [0.2, 0.25) is 5.91 Å². The largest absolute Gasteiger partial charge is 0.368 e. The lowest BCUT2D eigenvalue weighted by Gasteiger charge is -2.35. The quantitative estimate of drug-likeness (QED) is 0.778. The van der Waals surface area contributed by atoms with Gasteiger partial charge in [0.05, 0.1) is 11.7 Å². The van der Waals surface area contributed by atoms with Gasteiger partial charge in [0.1, 0.15) is 6.04 Å². The second kappa shape index (κ2) is 5.52. The van der Waals surface area contributed by atoms with E-state index in [2.05, 4.69) is 33.3 Å². The molecule has 1 aliphatic heterocycles. The summed E-state index contributed by atoms with van der Waals surface area (Å²) in [5, 5.41) is 8.12. The predicted molar refractivity (Wildman–Crippen MR) is 88.6 cm³/mol. The number of nitrogens with one attached hydrogen (secondary N) is 1. The molecule has 3 aromatic rings. The second-order valence-electron chi connectivity index (χ2n) is 6.02. The molecule has 23 heavy (non-hydrogen) atoms. The third kappa shape index (κ3) is 2.49. The van der Waals surface area contributed by atoms with Crippen LogP contribution in [0.3, 0.4) is 0 Å². The number of aromatic nitrogens is 2. The molecular formula is C18H18N4O. The number of H-pyrrole nitrogens is 1. The minimum atomic E-state index is -0.364. The lowest BCUT2D eigenvalue weighted by Crippen LogP contribution is -2.42. The van der Waals surface area contributed by atoms with Crippen LogP contribution in [0.4, 0.5) is 0 Å². The first-order valence-electron chi connectivity index (χ1n) is 7.75. The lowest BCUT2D eigenvalue weighted by atomic mass is 9.91. The van der Waals surface area contributed by atoms with Crippen LogP contribution >= 0.6 is 0 Å². The lowest BCUT2D eigenvalue weighted by molar-refractivity contribution is -0.124. The SMILES string of the molecule is NC(=O)C1c2ccccc2CCN1Cc1ccc2cn[nH]c2c1. The van der Waals surface area contributed by atoms with Crippen molar-refractivity contribution >= 4 is 16.8 Å². The summed E-state index contributed by atoms with van der Waals surface area (Å²) in [5.74, 6) is -0.292. The van der Waals surface area contributed by atoms with Gasteiger partial charge in [-0.25, -0.2) is 0 Å². The van der Waals surface area contributed by atoms with E-state index in [-0.39, 0.29) is 11.9 Å². The molecule has 0 fully saturated rings. The number of hydrogen-bond donors (Lipinski definition) is 2. The Labute approximate surface area is 134 Å². The van der Waals surface area contributed by atoms with Crippen LogP contribution in [0.15, 0.2) is 48.7 Å². The van der Waals surface area contributed by atoms with E-state index < -0.39 is 0 Å². The number of aromatic amines is 1. The maximum Gasteiger partial charge on any atom is 0.239 e. The molecule has 1 aromatic heterocycles. The predicted octanol–water partition coefficient (Wildman–Crippen LogP) is 2.15. The van der Waals surface area contributed by atoms with E-state index in [1.54, 1.807) is 0 Å². The van der Waals surface area contributed by atoms with Crippen molar-refractivity contribution in [1.29, 1.82) is 0 Å². The third-order valence-corrected chi connectivity index (χ3v) is 4.54. The molecule has 4 rings (SSSR count). The van der Waals surface area contributed by atoms with E-state index in [1.165, 1.54) is 5.56 Å². The zero-order valence-electron chi connectivity index (χ0n) is 12.7. The number of fused-ring (bicyclic) bond motifs is 2. The molecule has 1 unspecified atom stereocenters. The fraction of sp³-hybridized carbons (Fsp3) is 0.222. The van der Waals surface area contributed by atoms with Gasteiger partial charge >= 0.3 is 0 Å². The number of nitrogens with two attached hydrogens (primary N) is 1. The summed E-state index contributed by atoms with van der Waals surface area (Å²) >= 11 is 0. The highest BCUT2D eigenvalue weighted by atomic mass is 16.1. The average molecular weight is 306 g/mol. The molecule has 0 saturated heterocycles. The Kier molecular flexibility index (Phi) is 3.35. The fourth-order valence-electron chi connectivity index (χ4n) is 3.44. The van der Waals surface area contributed by atoms with Crippen LogP contribution in [0.1, 0.15) is 22.7 Å². The Balaban J connectivity index is 1.66. The van der Waals surface area contributed by atoms with Gasteiger partial charge < -0.3 is 5.73 Å². The topological polar surface area (TPSA) is 75.0 Å². The van der Waals surface area contributed by atoms with E-state index in [0.29, 0.717) is 6.54 Å². The van der Waals surface area contributed by atoms with Crippen molar-refractivity contribution < 1.29 is 4.79 Å². The molecule has 2 heterocycles. The smallest absolute Gasteiger partial charge is 0.239 e. The Morgan fingerprint density at radius 1 is 1.30 bits per heavy atom. The molecule has 1 aliphatic rings. The van der Waals surface area contributed by atoms with E-state index in [4.69, 9.17) is 5.73 Å². The van der Waals surface area contributed by atoms with Gasteiger partial charge in [0.15, 0.2) is 0 Å². The zero-order valence-corrected chi connectivity index (χ0v) is 12.7. The highest BCUT2D eigenvalue weighted by Crippen LogP contribution is 2.31. The molecule has 0 radical (unpaired) electrons. The third-order valence-electron chi connectivity index (χ3n) is 4.54. The number of primary amides is 1. The van der Waals surface area contributed by atoms with Gasteiger partial charge in [-0.2, -0.15) is 5.10 Å². The van der Waals surface area contributed by atoms with Crippen molar-refractivity contribution in [3.05, 3.63) is 65.4 Å². The number of benzene rings is 2. The van der Waals surface area contributed by atoms with Gasteiger partial charge in [-0.05, 0) is 29.2 Å². The number of nitrogens with zero attached hydrogens (tertiary/aromatic N) is 2. The Bertz CT molecular complexity index is 870. The number of rotatable bonds is 3. The number of hydrogen-bond acceptors (Lipinski definition) is 3. The van der Waals surface area contributed by atoms with Crippen LogP contribution in [0.25, 0.3) is 10.9 Å². The fourth-order valence-corrected chi connectivity index (χ4v) is 3.44. The first-order chi connectivity index (χ1) is 11.2. The first-order valence-corrected chi connectivity index (χ1v) is 7.75. The van der Waals surface area contributed by atoms with Crippen LogP contribution in [0.2, 0.25) is 0 Å². The molecule has 1 atom stereocenters. The summed E-state index contributed by atoms with van der Waals surface area (Å²) in [6.07, 6.45) is 2.74. The normalized spacial score (nSPS) is 18.0. The van der Waals surface area contributed by atoms with Crippen molar-refractivity contribution in [1.82, 2.24) is 15.1 Å². The average Bonchev–Trinajstić information content (AvgIpc) is 3.02. The second-order valence-corrected chi connectivity index (χ2v) is 6.02. The summed E-state index contributed by atoms with van der Waals surface area (Å²) in [6, 6.07) is 13.9. The highest BCUT2D eigenvalue weighted by Gasteiger charge is 2.31. The van der Waals surface area contributed by atoms with Gasteiger partial charge in [0.25, 0.3) is 0 Å². The molecule has 2 aromatic carbocycles. The first kappa shape index (κ1) is 14.0. The van der Waals surface area contributed by atoms with E-state index in [1.807, 2.05) is 30.5 Å². The van der Waals surface area contributed by atoms with Crippen LogP contribution in [-0.4, -0.2) is 27.5 Å². The van der Waals surface area contributed by atoms with Crippen LogP contribution < -0.4 is 5.73 Å². The Morgan fingerprint density at radius 3 is 3.04 bits per heavy atom. The molecule has 0 spiro atoms. The van der Waals surface area contributed by atoms with Gasteiger partial charge in [-0.3, -0.25) is 14.8 Å². The summed E-state index contributed by atoms with van der Waals surface area (Å²) in [4.78, 5) is 14.2. The molecular weight excluding hydrogens is 288 g/mol. The summed E-state index contributed by atoms with van der Waals surface area (Å²) in [7, 11) is 0. The summed E-state index contributed by atoms with van der Waals surface area (Å²) < 4.78 is 0. The molecule has 5 nitrogen and oxygen atoms in total.